The molecular weight excluding hydrogens is 282 g/mol. The van der Waals surface area contributed by atoms with E-state index in [0.717, 1.165) is 35.9 Å². The van der Waals surface area contributed by atoms with Crippen LogP contribution in [0.5, 0.6) is 0 Å². The summed E-state index contributed by atoms with van der Waals surface area (Å²) in [6, 6.07) is 10.2. The molecule has 0 saturated heterocycles. The first kappa shape index (κ1) is 15.8. The van der Waals surface area contributed by atoms with Gasteiger partial charge in [-0.15, -0.1) is 11.6 Å². The fraction of sp³-hybridized carbons (Fsp3) is 0.412. The summed E-state index contributed by atoms with van der Waals surface area (Å²) in [6.45, 7) is 8.08. The lowest BCUT2D eigenvalue weighted by Gasteiger charge is -2.23. The van der Waals surface area contributed by atoms with Gasteiger partial charge in [-0.3, -0.25) is 4.98 Å². The summed E-state index contributed by atoms with van der Waals surface area (Å²) < 4.78 is 0. The van der Waals surface area contributed by atoms with E-state index in [0.29, 0.717) is 11.8 Å². The summed E-state index contributed by atoms with van der Waals surface area (Å²) in [5, 5.41) is 0. The number of hydrogen-bond donors (Lipinski definition) is 0. The molecule has 4 heteroatoms. The highest BCUT2D eigenvalue weighted by Gasteiger charge is 2.12. The van der Waals surface area contributed by atoms with Crippen LogP contribution in [-0.4, -0.2) is 16.5 Å². The van der Waals surface area contributed by atoms with E-state index in [1.165, 1.54) is 0 Å². The van der Waals surface area contributed by atoms with E-state index >= 15 is 0 Å². The minimum Gasteiger partial charge on any atom is -0.351 e. The van der Waals surface area contributed by atoms with Crippen LogP contribution in [0.3, 0.4) is 0 Å². The van der Waals surface area contributed by atoms with Crippen molar-refractivity contribution in [2.45, 2.75) is 39.1 Å². The first-order valence-electron chi connectivity index (χ1n) is 7.35. The van der Waals surface area contributed by atoms with E-state index in [4.69, 9.17) is 16.6 Å². The van der Waals surface area contributed by atoms with Crippen LogP contribution in [0.1, 0.15) is 43.6 Å². The van der Waals surface area contributed by atoms with Gasteiger partial charge in [0.25, 0.3) is 0 Å². The van der Waals surface area contributed by atoms with E-state index in [1.807, 2.05) is 24.4 Å². The number of hydrogen-bond acceptors (Lipinski definition) is 3. The summed E-state index contributed by atoms with van der Waals surface area (Å²) in [5.74, 6) is 1.88. The van der Waals surface area contributed by atoms with Crippen molar-refractivity contribution in [2.75, 3.05) is 11.4 Å². The molecular formula is C17H22ClN3. The third-order valence-corrected chi connectivity index (χ3v) is 3.73. The maximum Gasteiger partial charge on any atom is 0.129 e. The Morgan fingerprint density at radius 3 is 2.62 bits per heavy atom. The molecule has 2 rings (SSSR count). The lowest BCUT2D eigenvalue weighted by Crippen LogP contribution is -2.24. The first-order valence-corrected chi connectivity index (χ1v) is 7.89. The number of halogens is 1. The third kappa shape index (κ3) is 4.18. The maximum atomic E-state index is 6.02. The van der Waals surface area contributed by atoms with Crippen molar-refractivity contribution in [3.05, 3.63) is 53.5 Å². The van der Waals surface area contributed by atoms with Crippen molar-refractivity contribution < 1.29 is 0 Å². The smallest absolute Gasteiger partial charge is 0.129 e. The molecule has 0 amide bonds. The second-order valence-corrected chi connectivity index (χ2v) is 5.65. The average Bonchev–Trinajstić information content (AvgIpc) is 2.53. The summed E-state index contributed by atoms with van der Waals surface area (Å²) in [6.07, 6.45) is 1.82. The van der Waals surface area contributed by atoms with E-state index in [2.05, 4.69) is 42.8 Å². The van der Waals surface area contributed by atoms with Crippen molar-refractivity contribution >= 4 is 17.4 Å². The quantitative estimate of drug-likeness (QED) is 0.742. The molecule has 112 valence electrons. The Hall–Kier alpha value is -1.61. The maximum absolute atomic E-state index is 6.02. The van der Waals surface area contributed by atoms with E-state index in [9.17, 15) is 0 Å². The van der Waals surface area contributed by atoms with Gasteiger partial charge in [0.1, 0.15) is 5.82 Å². The Balaban J connectivity index is 2.30. The largest absolute Gasteiger partial charge is 0.351 e. The van der Waals surface area contributed by atoms with Crippen molar-refractivity contribution in [3.8, 4) is 0 Å². The van der Waals surface area contributed by atoms with Gasteiger partial charge >= 0.3 is 0 Å². The lowest BCUT2D eigenvalue weighted by molar-refractivity contribution is 0.767. The summed E-state index contributed by atoms with van der Waals surface area (Å²) in [4.78, 5) is 11.4. The highest BCUT2D eigenvalue weighted by Crippen LogP contribution is 2.22. The van der Waals surface area contributed by atoms with E-state index in [1.54, 1.807) is 0 Å². The summed E-state index contributed by atoms with van der Waals surface area (Å²) in [7, 11) is 0. The predicted octanol–water partition coefficient (Wildman–Crippen LogP) is 4.37. The molecule has 0 aliphatic carbocycles. The minimum atomic E-state index is 0.389. The zero-order valence-corrected chi connectivity index (χ0v) is 13.6. The predicted molar refractivity (Wildman–Crippen MR) is 88.8 cm³/mol. The van der Waals surface area contributed by atoms with Crippen LogP contribution < -0.4 is 4.90 Å². The molecule has 0 saturated carbocycles. The van der Waals surface area contributed by atoms with Gasteiger partial charge in [0.15, 0.2) is 0 Å². The molecule has 0 aromatic carbocycles. The van der Waals surface area contributed by atoms with Crippen LogP contribution in [-0.2, 0) is 12.4 Å². The van der Waals surface area contributed by atoms with Crippen LogP contribution in [0.4, 0.5) is 5.82 Å². The molecule has 2 aromatic heterocycles. The molecule has 0 bridgehead atoms. The normalized spacial score (nSPS) is 10.9. The number of aromatic nitrogens is 2. The molecule has 0 atom stereocenters. The monoisotopic (exact) mass is 303 g/mol. The van der Waals surface area contributed by atoms with Gasteiger partial charge in [-0.2, -0.15) is 0 Å². The molecule has 2 aromatic rings. The van der Waals surface area contributed by atoms with Gasteiger partial charge in [0, 0.05) is 24.3 Å². The van der Waals surface area contributed by atoms with Gasteiger partial charge in [-0.25, -0.2) is 4.98 Å². The van der Waals surface area contributed by atoms with Crippen LogP contribution in [0.2, 0.25) is 0 Å². The van der Waals surface area contributed by atoms with Crippen molar-refractivity contribution in [1.82, 2.24) is 9.97 Å². The summed E-state index contributed by atoms with van der Waals surface area (Å²) >= 11 is 6.02. The molecule has 0 aliphatic rings. The number of rotatable bonds is 6. The standard InChI is InChI=1S/C17H22ClN3/c1-4-21(12-15-7-5-6-8-19-15)17-10-14(11-18)9-16(20-17)13(2)3/h5-10,13H,4,11-12H2,1-3H3. The van der Waals surface area contributed by atoms with Crippen LogP contribution in [0.25, 0.3) is 0 Å². The van der Waals surface area contributed by atoms with Crippen molar-refractivity contribution in [2.24, 2.45) is 0 Å². The fourth-order valence-corrected chi connectivity index (χ4v) is 2.33. The van der Waals surface area contributed by atoms with E-state index < -0.39 is 0 Å². The number of pyridine rings is 2. The SMILES string of the molecule is CCN(Cc1ccccn1)c1cc(CCl)cc(C(C)C)n1. The lowest BCUT2D eigenvalue weighted by atomic mass is 10.1. The van der Waals surface area contributed by atoms with Crippen molar-refractivity contribution in [3.63, 3.8) is 0 Å². The second kappa shape index (κ2) is 7.41. The van der Waals surface area contributed by atoms with Crippen LogP contribution >= 0.6 is 11.6 Å². The van der Waals surface area contributed by atoms with Gasteiger partial charge in [-0.1, -0.05) is 19.9 Å². The zero-order valence-electron chi connectivity index (χ0n) is 12.9. The third-order valence-electron chi connectivity index (χ3n) is 3.42. The van der Waals surface area contributed by atoms with E-state index in [-0.39, 0.29) is 0 Å². The minimum absolute atomic E-state index is 0.389. The van der Waals surface area contributed by atoms with Crippen molar-refractivity contribution in [1.29, 1.82) is 0 Å². The molecule has 0 unspecified atom stereocenters. The first-order chi connectivity index (χ1) is 10.1. The molecule has 0 N–H and O–H groups in total. The second-order valence-electron chi connectivity index (χ2n) is 5.38. The van der Waals surface area contributed by atoms with Gasteiger partial charge < -0.3 is 4.90 Å². The summed E-state index contributed by atoms with van der Waals surface area (Å²) in [5.41, 5.74) is 3.25. The average molecular weight is 304 g/mol. The number of anilines is 1. The zero-order chi connectivity index (χ0) is 15.2. The molecule has 3 nitrogen and oxygen atoms in total. The number of nitrogens with zero attached hydrogens (tertiary/aromatic N) is 3. The van der Waals surface area contributed by atoms with Gasteiger partial charge in [0.2, 0.25) is 0 Å². The molecule has 0 fully saturated rings. The van der Waals surface area contributed by atoms with Crippen LogP contribution in [0, 0.1) is 0 Å². The topological polar surface area (TPSA) is 29.0 Å². The Bertz CT molecular complexity index is 570. The Morgan fingerprint density at radius 2 is 2.05 bits per heavy atom. The molecule has 0 spiro atoms. The molecule has 0 radical (unpaired) electrons. The number of alkyl halides is 1. The molecule has 21 heavy (non-hydrogen) atoms. The van der Waals surface area contributed by atoms with Gasteiger partial charge in [0.05, 0.1) is 12.2 Å². The van der Waals surface area contributed by atoms with Crippen LogP contribution in [0.15, 0.2) is 36.5 Å². The Kier molecular flexibility index (Phi) is 5.57. The highest BCUT2D eigenvalue weighted by atomic mass is 35.5. The Labute approximate surface area is 132 Å². The highest BCUT2D eigenvalue weighted by molar-refractivity contribution is 6.17. The van der Waals surface area contributed by atoms with Gasteiger partial charge in [-0.05, 0) is 42.7 Å². The fourth-order valence-electron chi connectivity index (χ4n) is 2.17. The molecule has 2 heterocycles. The Morgan fingerprint density at radius 1 is 1.24 bits per heavy atom. The molecule has 0 aliphatic heterocycles.